The number of nitrogens with one attached hydrogen (secondary N) is 4. The van der Waals surface area contributed by atoms with Crippen molar-refractivity contribution in [3.63, 3.8) is 0 Å². The van der Waals surface area contributed by atoms with Gasteiger partial charge in [-0.25, -0.2) is 4.79 Å². The van der Waals surface area contributed by atoms with Crippen LogP contribution in [0.25, 0.3) is 0 Å². The van der Waals surface area contributed by atoms with E-state index in [1.165, 1.54) is 0 Å². The summed E-state index contributed by atoms with van der Waals surface area (Å²) in [6.07, 6.45) is 0. The van der Waals surface area contributed by atoms with E-state index in [0.717, 1.165) is 9.13 Å². The average molecular weight is 432 g/mol. The number of carbonyl (C=O) groups is 3. The van der Waals surface area contributed by atoms with Crippen LogP contribution in [0.4, 0.5) is 4.79 Å². The standard InChI is InChI=1S/C14H17IN4O4/c15-9-3-1-2-8(4-9)5-16-12(21)11(7-20)18-13(22)10-6-17-14(23)19-10/h1-4,10-11,20H,5-7H2,(H,16,21)(H,18,22)(H2,17,19,23). The van der Waals surface area contributed by atoms with Gasteiger partial charge in [0.25, 0.3) is 0 Å². The molecule has 1 heterocycles. The Morgan fingerprint density at radius 1 is 1.43 bits per heavy atom. The molecule has 4 amide bonds. The first-order valence-electron chi connectivity index (χ1n) is 6.97. The third kappa shape index (κ3) is 5.06. The van der Waals surface area contributed by atoms with Crippen molar-refractivity contribution in [2.24, 2.45) is 0 Å². The second kappa shape index (κ2) is 8.11. The van der Waals surface area contributed by atoms with Crippen LogP contribution in [0.2, 0.25) is 0 Å². The second-order valence-electron chi connectivity index (χ2n) is 5.00. The zero-order valence-corrected chi connectivity index (χ0v) is 14.3. The first kappa shape index (κ1) is 17.5. The Balaban J connectivity index is 1.85. The molecule has 2 unspecified atom stereocenters. The topological polar surface area (TPSA) is 120 Å². The van der Waals surface area contributed by atoms with E-state index >= 15 is 0 Å². The van der Waals surface area contributed by atoms with Crippen molar-refractivity contribution in [1.29, 1.82) is 0 Å². The molecular formula is C14H17IN4O4. The number of carbonyl (C=O) groups excluding carboxylic acids is 3. The molecule has 2 rings (SSSR count). The van der Waals surface area contributed by atoms with Crippen molar-refractivity contribution in [1.82, 2.24) is 21.3 Å². The van der Waals surface area contributed by atoms with E-state index < -0.39 is 36.5 Å². The summed E-state index contributed by atoms with van der Waals surface area (Å²) in [7, 11) is 0. The average Bonchev–Trinajstić information content (AvgIpc) is 2.97. The highest BCUT2D eigenvalue weighted by Gasteiger charge is 2.29. The first-order valence-corrected chi connectivity index (χ1v) is 8.05. The summed E-state index contributed by atoms with van der Waals surface area (Å²) in [5.41, 5.74) is 0.917. The van der Waals surface area contributed by atoms with Gasteiger partial charge in [-0.05, 0) is 40.3 Å². The smallest absolute Gasteiger partial charge is 0.315 e. The third-order valence-corrected chi connectivity index (χ3v) is 3.93. The largest absolute Gasteiger partial charge is 0.394 e. The van der Waals surface area contributed by atoms with Gasteiger partial charge >= 0.3 is 6.03 Å². The molecule has 23 heavy (non-hydrogen) atoms. The van der Waals surface area contributed by atoms with E-state index in [0.29, 0.717) is 6.54 Å². The molecule has 1 aromatic carbocycles. The second-order valence-corrected chi connectivity index (χ2v) is 6.24. The minimum absolute atomic E-state index is 0.146. The Kier molecular flexibility index (Phi) is 6.16. The quantitative estimate of drug-likeness (QED) is 0.373. The van der Waals surface area contributed by atoms with Gasteiger partial charge in [-0.2, -0.15) is 0 Å². The predicted molar refractivity (Wildman–Crippen MR) is 90.3 cm³/mol. The molecule has 1 aliphatic heterocycles. The maximum Gasteiger partial charge on any atom is 0.315 e. The lowest BCUT2D eigenvalue weighted by Gasteiger charge is -2.18. The number of halogens is 1. The zero-order chi connectivity index (χ0) is 16.8. The SMILES string of the molecule is O=C1NCC(C(=O)NC(CO)C(=O)NCc2cccc(I)c2)N1. The number of rotatable bonds is 6. The number of hydrogen-bond acceptors (Lipinski definition) is 4. The van der Waals surface area contributed by atoms with Gasteiger partial charge in [0, 0.05) is 16.7 Å². The fourth-order valence-corrected chi connectivity index (χ4v) is 2.65. The monoisotopic (exact) mass is 432 g/mol. The molecule has 8 nitrogen and oxygen atoms in total. The Morgan fingerprint density at radius 3 is 2.83 bits per heavy atom. The van der Waals surface area contributed by atoms with Crippen molar-refractivity contribution < 1.29 is 19.5 Å². The maximum absolute atomic E-state index is 12.1. The molecule has 0 radical (unpaired) electrons. The minimum atomic E-state index is -1.07. The summed E-state index contributed by atoms with van der Waals surface area (Å²) in [6, 6.07) is 5.36. The Labute approximate surface area is 146 Å². The van der Waals surface area contributed by atoms with Gasteiger partial charge in [0.1, 0.15) is 12.1 Å². The van der Waals surface area contributed by atoms with Crippen LogP contribution >= 0.6 is 22.6 Å². The van der Waals surface area contributed by atoms with Gasteiger partial charge in [-0.15, -0.1) is 0 Å². The van der Waals surface area contributed by atoms with Crippen molar-refractivity contribution in [2.75, 3.05) is 13.2 Å². The lowest BCUT2D eigenvalue weighted by Crippen LogP contribution is -2.53. The van der Waals surface area contributed by atoms with Crippen LogP contribution < -0.4 is 21.3 Å². The molecule has 0 bridgehead atoms. The minimum Gasteiger partial charge on any atom is -0.394 e. The summed E-state index contributed by atoms with van der Waals surface area (Å²) in [5, 5.41) is 19.2. The number of urea groups is 1. The van der Waals surface area contributed by atoms with Gasteiger partial charge in [0.15, 0.2) is 0 Å². The highest BCUT2D eigenvalue weighted by atomic mass is 127. The number of hydrogen-bond donors (Lipinski definition) is 5. The van der Waals surface area contributed by atoms with Gasteiger partial charge in [-0.3, -0.25) is 9.59 Å². The molecule has 1 aliphatic rings. The molecule has 1 fully saturated rings. The molecule has 0 saturated carbocycles. The van der Waals surface area contributed by atoms with Crippen molar-refractivity contribution in [2.45, 2.75) is 18.6 Å². The van der Waals surface area contributed by atoms with E-state index in [9.17, 15) is 19.5 Å². The van der Waals surface area contributed by atoms with Crippen LogP contribution in [-0.2, 0) is 16.1 Å². The Bertz CT molecular complexity index is 610. The number of aliphatic hydroxyl groups is 1. The summed E-state index contributed by atoms with van der Waals surface area (Å²) in [6.45, 7) is -0.0886. The zero-order valence-electron chi connectivity index (χ0n) is 12.1. The number of amides is 4. The van der Waals surface area contributed by atoms with E-state index in [2.05, 4.69) is 43.9 Å². The summed E-state index contributed by atoms with van der Waals surface area (Å²) in [5.74, 6) is -1.01. The van der Waals surface area contributed by atoms with Crippen LogP contribution in [0.15, 0.2) is 24.3 Å². The Morgan fingerprint density at radius 2 is 2.22 bits per heavy atom. The van der Waals surface area contributed by atoms with Gasteiger partial charge in [0.05, 0.1) is 6.61 Å². The normalized spacial score (nSPS) is 17.8. The molecule has 2 atom stereocenters. The van der Waals surface area contributed by atoms with Crippen LogP contribution in [0.3, 0.4) is 0 Å². The molecule has 1 saturated heterocycles. The summed E-state index contributed by atoms with van der Waals surface area (Å²) in [4.78, 5) is 35.0. The summed E-state index contributed by atoms with van der Waals surface area (Å²) < 4.78 is 1.05. The lowest BCUT2D eigenvalue weighted by molar-refractivity contribution is -0.130. The highest BCUT2D eigenvalue weighted by molar-refractivity contribution is 14.1. The molecule has 1 aromatic rings. The number of benzene rings is 1. The molecule has 0 spiro atoms. The van der Waals surface area contributed by atoms with E-state index in [-0.39, 0.29) is 6.54 Å². The molecule has 9 heteroatoms. The van der Waals surface area contributed by atoms with Crippen LogP contribution in [0.1, 0.15) is 5.56 Å². The maximum atomic E-state index is 12.1. The van der Waals surface area contributed by atoms with Gasteiger partial charge in [0.2, 0.25) is 11.8 Å². The van der Waals surface area contributed by atoms with Gasteiger partial charge < -0.3 is 26.4 Å². The molecule has 5 N–H and O–H groups in total. The fraction of sp³-hybridized carbons (Fsp3) is 0.357. The third-order valence-electron chi connectivity index (χ3n) is 3.26. The van der Waals surface area contributed by atoms with Crippen LogP contribution in [0.5, 0.6) is 0 Å². The predicted octanol–water partition coefficient (Wildman–Crippen LogP) is -0.934. The van der Waals surface area contributed by atoms with Gasteiger partial charge in [-0.1, -0.05) is 12.1 Å². The molecule has 0 aromatic heterocycles. The number of aliphatic hydroxyl groups excluding tert-OH is 1. The highest BCUT2D eigenvalue weighted by Crippen LogP contribution is 2.07. The Hall–Kier alpha value is -1.88. The first-order chi connectivity index (χ1) is 11.0. The van der Waals surface area contributed by atoms with Crippen molar-refractivity contribution >= 4 is 40.4 Å². The van der Waals surface area contributed by atoms with E-state index in [1.54, 1.807) is 0 Å². The molecule has 0 aliphatic carbocycles. The lowest BCUT2D eigenvalue weighted by atomic mass is 10.2. The summed E-state index contributed by atoms with van der Waals surface area (Å²) >= 11 is 2.17. The molecule has 124 valence electrons. The van der Waals surface area contributed by atoms with E-state index in [1.807, 2.05) is 24.3 Å². The van der Waals surface area contributed by atoms with Crippen molar-refractivity contribution in [3.8, 4) is 0 Å². The van der Waals surface area contributed by atoms with Crippen LogP contribution in [0, 0.1) is 3.57 Å². The fourth-order valence-electron chi connectivity index (χ4n) is 2.04. The van der Waals surface area contributed by atoms with E-state index in [4.69, 9.17) is 0 Å². The molecular weight excluding hydrogens is 415 g/mol. The van der Waals surface area contributed by atoms with Crippen molar-refractivity contribution in [3.05, 3.63) is 33.4 Å². The van der Waals surface area contributed by atoms with Crippen LogP contribution in [-0.4, -0.2) is 48.2 Å².